The molecule has 2 aliphatic rings. The summed E-state index contributed by atoms with van der Waals surface area (Å²) in [6.45, 7) is 0. The highest BCUT2D eigenvalue weighted by Crippen LogP contribution is 2.21. The Hall–Kier alpha value is -0.370. The highest BCUT2D eigenvalue weighted by Gasteiger charge is 2.26. The van der Waals surface area contributed by atoms with Crippen LogP contribution >= 0.6 is 0 Å². The van der Waals surface area contributed by atoms with E-state index in [4.69, 9.17) is 0 Å². The lowest BCUT2D eigenvalue weighted by Crippen LogP contribution is -2.41. The molecule has 0 aromatic rings. The molecule has 1 N–H and O–H groups in total. The van der Waals surface area contributed by atoms with Gasteiger partial charge in [0.15, 0.2) is 0 Å². The SMILES string of the molecule is O=C1CCCC1NC1CCCCC1. The number of hydrogen-bond donors (Lipinski definition) is 1. The molecule has 2 fully saturated rings. The van der Waals surface area contributed by atoms with Crippen molar-refractivity contribution >= 4 is 5.78 Å². The van der Waals surface area contributed by atoms with Crippen molar-refractivity contribution in [3.05, 3.63) is 0 Å². The Kier molecular flexibility index (Phi) is 2.99. The fraction of sp³-hybridized carbons (Fsp3) is 0.909. The quantitative estimate of drug-likeness (QED) is 0.706. The van der Waals surface area contributed by atoms with E-state index in [-0.39, 0.29) is 6.04 Å². The number of ketones is 1. The molecule has 0 heterocycles. The minimum Gasteiger partial charge on any atom is -0.305 e. The zero-order chi connectivity index (χ0) is 9.10. The number of nitrogens with one attached hydrogen (secondary N) is 1. The van der Waals surface area contributed by atoms with E-state index in [1.807, 2.05) is 0 Å². The summed E-state index contributed by atoms with van der Waals surface area (Å²) in [5, 5.41) is 3.52. The number of carbonyl (C=O) groups is 1. The molecule has 1 unspecified atom stereocenters. The van der Waals surface area contributed by atoms with Crippen LogP contribution in [0.25, 0.3) is 0 Å². The minimum absolute atomic E-state index is 0.211. The average molecular weight is 181 g/mol. The highest BCUT2D eigenvalue weighted by atomic mass is 16.1. The molecule has 74 valence electrons. The summed E-state index contributed by atoms with van der Waals surface area (Å²) in [7, 11) is 0. The van der Waals surface area contributed by atoms with Crippen molar-refractivity contribution in [2.45, 2.75) is 63.5 Å². The third-order valence-electron chi connectivity index (χ3n) is 3.35. The first-order valence-electron chi connectivity index (χ1n) is 5.65. The van der Waals surface area contributed by atoms with Gasteiger partial charge in [0.25, 0.3) is 0 Å². The summed E-state index contributed by atoms with van der Waals surface area (Å²) in [4.78, 5) is 11.4. The van der Waals surface area contributed by atoms with Crippen molar-refractivity contribution < 1.29 is 4.79 Å². The number of carbonyl (C=O) groups excluding carboxylic acids is 1. The van der Waals surface area contributed by atoms with Crippen molar-refractivity contribution in [3.8, 4) is 0 Å². The first kappa shape index (κ1) is 9.20. The largest absolute Gasteiger partial charge is 0.305 e. The first-order valence-corrected chi connectivity index (χ1v) is 5.65. The van der Waals surface area contributed by atoms with Crippen LogP contribution in [-0.2, 0) is 4.79 Å². The maximum Gasteiger partial charge on any atom is 0.149 e. The summed E-state index contributed by atoms with van der Waals surface area (Å²) >= 11 is 0. The van der Waals surface area contributed by atoms with Crippen molar-refractivity contribution in [2.75, 3.05) is 0 Å². The molecule has 0 radical (unpaired) electrons. The molecule has 0 spiro atoms. The molecule has 0 aromatic heterocycles. The van der Waals surface area contributed by atoms with Crippen LogP contribution < -0.4 is 5.32 Å². The lowest BCUT2D eigenvalue weighted by Gasteiger charge is -2.25. The second-order valence-corrected chi connectivity index (χ2v) is 4.41. The van der Waals surface area contributed by atoms with Gasteiger partial charge in [-0.25, -0.2) is 0 Å². The predicted octanol–water partition coefficient (Wildman–Crippen LogP) is 2.03. The third-order valence-corrected chi connectivity index (χ3v) is 3.35. The molecule has 0 aliphatic heterocycles. The number of Topliss-reactive ketones (excluding diaryl/α,β-unsaturated/α-hetero) is 1. The molecule has 0 aromatic carbocycles. The fourth-order valence-corrected chi connectivity index (χ4v) is 2.55. The number of hydrogen-bond acceptors (Lipinski definition) is 2. The lowest BCUT2D eigenvalue weighted by molar-refractivity contribution is -0.119. The zero-order valence-electron chi connectivity index (χ0n) is 8.22. The topological polar surface area (TPSA) is 29.1 Å². The van der Waals surface area contributed by atoms with E-state index >= 15 is 0 Å². The predicted molar refractivity (Wildman–Crippen MR) is 52.7 cm³/mol. The Labute approximate surface area is 80.1 Å². The third kappa shape index (κ3) is 2.31. The summed E-state index contributed by atoms with van der Waals surface area (Å²) in [5.41, 5.74) is 0. The Bertz CT molecular complexity index is 185. The molecule has 0 bridgehead atoms. The van der Waals surface area contributed by atoms with Gasteiger partial charge in [-0.3, -0.25) is 4.79 Å². The minimum atomic E-state index is 0.211. The van der Waals surface area contributed by atoms with Gasteiger partial charge in [-0.05, 0) is 25.7 Å². The summed E-state index contributed by atoms with van der Waals surface area (Å²) in [6, 6.07) is 0.851. The fourth-order valence-electron chi connectivity index (χ4n) is 2.55. The van der Waals surface area contributed by atoms with Crippen LogP contribution in [0.5, 0.6) is 0 Å². The Balaban J connectivity index is 1.79. The Morgan fingerprint density at radius 1 is 1.00 bits per heavy atom. The summed E-state index contributed by atoms with van der Waals surface area (Å²) < 4.78 is 0. The van der Waals surface area contributed by atoms with Gasteiger partial charge in [0.2, 0.25) is 0 Å². The van der Waals surface area contributed by atoms with E-state index in [0.717, 1.165) is 19.3 Å². The Morgan fingerprint density at radius 3 is 2.38 bits per heavy atom. The zero-order valence-corrected chi connectivity index (χ0v) is 8.22. The van der Waals surface area contributed by atoms with Gasteiger partial charge < -0.3 is 5.32 Å². The van der Waals surface area contributed by atoms with Gasteiger partial charge in [0.05, 0.1) is 6.04 Å². The van der Waals surface area contributed by atoms with E-state index in [1.165, 1.54) is 32.1 Å². The van der Waals surface area contributed by atoms with Crippen molar-refractivity contribution in [1.29, 1.82) is 0 Å². The van der Waals surface area contributed by atoms with Crippen LogP contribution in [0.15, 0.2) is 0 Å². The smallest absolute Gasteiger partial charge is 0.149 e. The van der Waals surface area contributed by atoms with E-state index in [9.17, 15) is 4.79 Å². The second kappa shape index (κ2) is 4.23. The molecule has 2 aliphatic carbocycles. The van der Waals surface area contributed by atoms with Gasteiger partial charge >= 0.3 is 0 Å². The first-order chi connectivity index (χ1) is 6.36. The molecule has 2 saturated carbocycles. The summed E-state index contributed by atoms with van der Waals surface area (Å²) in [5.74, 6) is 0.450. The van der Waals surface area contributed by atoms with Crippen LogP contribution in [0.3, 0.4) is 0 Å². The van der Waals surface area contributed by atoms with Crippen molar-refractivity contribution in [2.24, 2.45) is 0 Å². The van der Waals surface area contributed by atoms with Gasteiger partial charge in [-0.1, -0.05) is 19.3 Å². The normalized spacial score (nSPS) is 31.1. The van der Waals surface area contributed by atoms with Gasteiger partial charge in [0, 0.05) is 12.5 Å². The highest BCUT2D eigenvalue weighted by molar-refractivity contribution is 5.85. The van der Waals surface area contributed by atoms with E-state index in [1.54, 1.807) is 0 Å². The molecular formula is C11H19NO. The molecule has 13 heavy (non-hydrogen) atoms. The molecule has 0 amide bonds. The number of rotatable bonds is 2. The standard InChI is InChI=1S/C11H19NO/c13-11-8-4-7-10(11)12-9-5-2-1-3-6-9/h9-10,12H,1-8H2. The molecule has 2 rings (SSSR count). The van der Waals surface area contributed by atoms with Crippen molar-refractivity contribution in [1.82, 2.24) is 5.32 Å². The van der Waals surface area contributed by atoms with Gasteiger partial charge in [-0.15, -0.1) is 0 Å². The van der Waals surface area contributed by atoms with Crippen LogP contribution in [0.1, 0.15) is 51.4 Å². The van der Waals surface area contributed by atoms with Crippen LogP contribution in [0.2, 0.25) is 0 Å². The van der Waals surface area contributed by atoms with Gasteiger partial charge in [-0.2, -0.15) is 0 Å². The molecule has 2 nitrogen and oxygen atoms in total. The van der Waals surface area contributed by atoms with Crippen molar-refractivity contribution in [3.63, 3.8) is 0 Å². The molecular weight excluding hydrogens is 162 g/mol. The van der Waals surface area contributed by atoms with Gasteiger partial charge in [0.1, 0.15) is 5.78 Å². The maximum atomic E-state index is 11.4. The summed E-state index contributed by atoms with van der Waals surface area (Å²) in [6.07, 6.45) is 9.63. The molecule has 2 heteroatoms. The average Bonchev–Trinajstić information content (AvgIpc) is 2.54. The lowest BCUT2D eigenvalue weighted by atomic mass is 9.94. The van der Waals surface area contributed by atoms with E-state index in [0.29, 0.717) is 11.8 Å². The van der Waals surface area contributed by atoms with Crippen LogP contribution in [0.4, 0.5) is 0 Å². The molecule has 1 atom stereocenters. The van der Waals surface area contributed by atoms with Crippen LogP contribution in [0, 0.1) is 0 Å². The Morgan fingerprint density at radius 2 is 1.77 bits per heavy atom. The van der Waals surface area contributed by atoms with E-state index < -0.39 is 0 Å². The van der Waals surface area contributed by atoms with E-state index in [2.05, 4.69) is 5.32 Å². The monoisotopic (exact) mass is 181 g/mol. The maximum absolute atomic E-state index is 11.4. The van der Waals surface area contributed by atoms with Crippen LogP contribution in [-0.4, -0.2) is 17.9 Å². The molecule has 0 saturated heterocycles. The second-order valence-electron chi connectivity index (χ2n) is 4.41.